The molecule has 0 atom stereocenters. The number of unbranched alkanes of at least 4 members (excludes halogenated alkanes) is 1. The van der Waals surface area contributed by atoms with Crippen LogP contribution >= 0.6 is 0 Å². The second-order valence-electron chi connectivity index (χ2n) is 6.02. The number of nitrogens with zero attached hydrogens (tertiary/aromatic N) is 2. The summed E-state index contributed by atoms with van der Waals surface area (Å²) in [6.45, 7) is 6.78. The van der Waals surface area contributed by atoms with Crippen molar-refractivity contribution in [3.63, 3.8) is 0 Å². The normalized spacial score (nSPS) is 15.4. The first-order chi connectivity index (χ1) is 11.2. The Kier molecular flexibility index (Phi) is 7.07. The quantitative estimate of drug-likeness (QED) is 0.614. The molecule has 5 heteroatoms. The molecule has 0 aliphatic carbocycles. The van der Waals surface area contributed by atoms with Gasteiger partial charge in [0.05, 0.1) is 0 Å². The zero-order valence-corrected chi connectivity index (χ0v) is 14.0. The molecular formula is C18H27N3O2. The van der Waals surface area contributed by atoms with Crippen molar-refractivity contribution in [1.29, 1.82) is 0 Å². The lowest BCUT2D eigenvalue weighted by atomic mass is 10.2. The molecule has 1 fully saturated rings. The van der Waals surface area contributed by atoms with Crippen LogP contribution in [0, 0.1) is 0 Å². The molecule has 0 spiro atoms. The zero-order chi connectivity index (χ0) is 16.5. The summed E-state index contributed by atoms with van der Waals surface area (Å²) in [5, 5.41) is 2.80. The third kappa shape index (κ3) is 6.02. The first kappa shape index (κ1) is 17.5. The second-order valence-corrected chi connectivity index (χ2v) is 6.02. The molecule has 1 N–H and O–H groups in total. The molecule has 1 aliphatic heterocycles. The van der Waals surface area contributed by atoms with Gasteiger partial charge in [-0.1, -0.05) is 43.7 Å². The van der Waals surface area contributed by atoms with E-state index in [0.29, 0.717) is 19.6 Å². The van der Waals surface area contributed by atoms with Crippen molar-refractivity contribution in [3.05, 3.63) is 35.9 Å². The molecule has 1 aromatic rings. The van der Waals surface area contributed by atoms with Gasteiger partial charge in [0, 0.05) is 39.3 Å². The number of carbonyl (C=O) groups is 2. The third-order valence-corrected chi connectivity index (χ3v) is 4.14. The van der Waals surface area contributed by atoms with Crippen LogP contribution in [-0.2, 0) is 16.1 Å². The highest BCUT2D eigenvalue weighted by molar-refractivity contribution is 5.96. The Balaban J connectivity index is 1.69. The number of amides is 2. The van der Waals surface area contributed by atoms with Gasteiger partial charge in [-0.25, -0.2) is 0 Å². The van der Waals surface area contributed by atoms with Gasteiger partial charge in [0.25, 0.3) is 0 Å². The minimum absolute atomic E-state index is 0.0254. The van der Waals surface area contributed by atoms with E-state index in [2.05, 4.69) is 29.3 Å². The van der Waals surface area contributed by atoms with Gasteiger partial charge >= 0.3 is 0 Å². The highest BCUT2D eigenvalue weighted by atomic mass is 16.2. The topological polar surface area (TPSA) is 52.7 Å². The number of piperazine rings is 1. The number of rotatable bonds is 7. The maximum absolute atomic E-state index is 12.2. The van der Waals surface area contributed by atoms with E-state index in [1.165, 1.54) is 5.56 Å². The molecule has 1 saturated heterocycles. The summed E-state index contributed by atoms with van der Waals surface area (Å²) in [5.41, 5.74) is 1.29. The Labute approximate surface area is 138 Å². The molecule has 0 radical (unpaired) electrons. The standard InChI is InChI=1S/C18H27N3O2/c1-2-3-9-19-17(22)14-18(23)21-12-10-20(11-13-21)15-16-7-5-4-6-8-16/h4-8H,2-3,9-15H2,1H3,(H,19,22). The predicted octanol–water partition coefficient (Wildman–Crippen LogP) is 1.64. The van der Waals surface area contributed by atoms with E-state index in [9.17, 15) is 9.59 Å². The maximum atomic E-state index is 12.2. The number of benzene rings is 1. The number of nitrogens with one attached hydrogen (secondary N) is 1. The average Bonchev–Trinajstić information content (AvgIpc) is 2.56. The maximum Gasteiger partial charge on any atom is 0.232 e. The summed E-state index contributed by atoms with van der Waals surface area (Å²) >= 11 is 0. The highest BCUT2D eigenvalue weighted by Gasteiger charge is 2.22. The average molecular weight is 317 g/mol. The molecule has 126 valence electrons. The SMILES string of the molecule is CCCCNC(=O)CC(=O)N1CCN(Cc2ccccc2)CC1. The molecule has 1 aliphatic rings. The lowest BCUT2D eigenvalue weighted by molar-refractivity contribution is -0.137. The fourth-order valence-electron chi connectivity index (χ4n) is 2.71. The van der Waals surface area contributed by atoms with E-state index in [4.69, 9.17) is 0 Å². The third-order valence-electron chi connectivity index (χ3n) is 4.14. The predicted molar refractivity (Wildman–Crippen MR) is 90.8 cm³/mol. The van der Waals surface area contributed by atoms with Gasteiger partial charge in [-0.2, -0.15) is 0 Å². The highest BCUT2D eigenvalue weighted by Crippen LogP contribution is 2.09. The molecular weight excluding hydrogens is 290 g/mol. The Morgan fingerprint density at radius 2 is 1.78 bits per heavy atom. The van der Waals surface area contributed by atoms with Crippen molar-refractivity contribution in [2.75, 3.05) is 32.7 Å². The van der Waals surface area contributed by atoms with Crippen LogP contribution < -0.4 is 5.32 Å². The summed E-state index contributed by atoms with van der Waals surface area (Å²) in [5.74, 6) is -0.214. The van der Waals surface area contributed by atoms with Gasteiger partial charge in [0.15, 0.2) is 0 Å². The van der Waals surface area contributed by atoms with E-state index in [-0.39, 0.29) is 18.2 Å². The van der Waals surface area contributed by atoms with E-state index in [1.54, 1.807) is 4.90 Å². The van der Waals surface area contributed by atoms with E-state index < -0.39 is 0 Å². The molecule has 0 unspecified atom stereocenters. The van der Waals surface area contributed by atoms with Crippen molar-refractivity contribution >= 4 is 11.8 Å². The summed E-state index contributed by atoms with van der Waals surface area (Å²) in [6.07, 6.45) is 1.97. The Morgan fingerprint density at radius 3 is 2.43 bits per heavy atom. The summed E-state index contributed by atoms with van der Waals surface area (Å²) in [4.78, 5) is 28.0. The van der Waals surface area contributed by atoms with Crippen LogP contribution in [0.15, 0.2) is 30.3 Å². The van der Waals surface area contributed by atoms with Crippen molar-refractivity contribution in [1.82, 2.24) is 15.1 Å². The fourth-order valence-corrected chi connectivity index (χ4v) is 2.71. The van der Waals surface area contributed by atoms with Crippen LogP contribution in [0.2, 0.25) is 0 Å². The van der Waals surface area contributed by atoms with E-state index in [1.807, 2.05) is 18.2 Å². The van der Waals surface area contributed by atoms with Crippen molar-refractivity contribution in [2.24, 2.45) is 0 Å². The largest absolute Gasteiger partial charge is 0.356 e. The van der Waals surface area contributed by atoms with Crippen LogP contribution in [0.1, 0.15) is 31.7 Å². The molecule has 23 heavy (non-hydrogen) atoms. The first-order valence-electron chi connectivity index (χ1n) is 8.49. The fraction of sp³-hybridized carbons (Fsp3) is 0.556. The lowest BCUT2D eigenvalue weighted by Gasteiger charge is -2.34. The minimum atomic E-state index is -0.157. The molecule has 1 heterocycles. The van der Waals surface area contributed by atoms with Crippen LogP contribution in [-0.4, -0.2) is 54.3 Å². The Bertz CT molecular complexity index is 496. The van der Waals surface area contributed by atoms with Gasteiger partial charge in [0.1, 0.15) is 6.42 Å². The van der Waals surface area contributed by atoms with Gasteiger partial charge < -0.3 is 10.2 Å². The molecule has 2 rings (SSSR count). The Hall–Kier alpha value is -1.88. The van der Waals surface area contributed by atoms with E-state index in [0.717, 1.165) is 32.5 Å². The number of hydrogen-bond donors (Lipinski definition) is 1. The van der Waals surface area contributed by atoms with Crippen LogP contribution in [0.25, 0.3) is 0 Å². The van der Waals surface area contributed by atoms with Gasteiger partial charge in [-0.3, -0.25) is 14.5 Å². The summed E-state index contributed by atoms with van der Waals surface area (Å²) < 4.78 is 0. The molecule has 0 aromatic heterocycles. The number of hydrogen-bond acceptors (Lipinski definition) is 3. The molecule has 2 amide bonds. The second kappa shape index (κ2) is 9.30. The van der Waals surface area contributed by atoms with Crippen LogP contribution in [0.4, 0.5) is 0 Å². The summed E-state index contributed by atoms with van der Waals surface area (Å²) in [6, 6.07) is 10.4. The van der Waals surface area contributed by atoms with Crippen LogP contribution in [0.5, 0.6) is 0 Å². The molecule has 1 aromatic carbocycles. The monoisotopic (exact) mass is 317 g/mol. The summed E-state index contributed by atoms with van der Waals surface area (Å²) in [7, 11) is 0. The minimum Gasteiger partial charge on any atom is -0.356 e. The molecule has 0 saturated carbocycles. The van der Waals surface area contributed by atoms with Crippen molar-refractivity contribution < 1.29 is 9.59 Å². The van der Waals surface area contributed by atoms with Gasteiger partial charge in [-0.15, -0.1) is 0 Å². The van der Waals surface area contributed by atoms with E-state index >= 15 is 0 Å². The molecule has 5 nitrogen and oxygen atoms in total. The lowest BCUT2D eigenvalue weighted by Crippen LogP contribution is -2.49. The Morgan fingerprint density at radius 1 is 1.09 bits per heavy atom. The van der Waals surface area contributed by atoms with Crippen molar-refractivity contribution in [2.45, 2.75) is 32.7 Å². The molecule has 0 bridgehead atoms. The zero-order valence-electron chi connectivity index (χ0n) is 14.0. The smallest absolute Gasteiger partial charge is 0.232 e. The van der Waals surface area contributed by atoms with Crippen LogP contribution in [0.3, 0.4) is 0 Å². The van der Waals surface area contributed by atoms with Gasteiger partial charge in [0.2, 0.25) is 11.8 Å². The first-order valence-corrected chi connectivity index (χ1v) is 8.49. The van der Waals surface area contributed by atoms with Crippen molar-refractivity contribution in [3.8, 4) is 0 Å². The number of carbonyl (C=O) groups excluding carboxylic acids is 2. The van der Waals surface area contributed by atoms with Gasteiger partial charge in [-0.05, 0) is 12.0 Å².